The third kappa shape index (κ3) is 4.14. The number of rotatable bonds is 5. The first-order valence-corrected chi connectivity index (χ1v) is 8.49. The summed E-state index contributed by atoms with van der Waals surface area (Å²) in [6.45, 7) is 0.275. The second-order valence-corrected chi connectivity index (χ2v) is 6.43. The Labute approximate surface area is 148 Å². The molecular formula is C18H17BrN2O3. The lowest BCUT2D eigenvalue weighted by Gasteiger charge is -2.11. The van der Waals surface area contributed by atoms with Crippen molar-refractivity contribution in [2.24, 2.45) is 0 Å². The third-order valence-corrected chi connectivity index (χ3v) is 4.25. The summed E-state index contributed by atoms with van der Waals surface area (Å²) in [5.41, 5.74) is 1.76. The first-order valence-electron chi connectivity index (χ1n) is 7.69. The number of amides is 2. The summed E-state index contributed by atoms with van der Waals surface area (Å²) in [6, 6.07) is 14.9. The van der Waals surface area contributed by atoms with E-state index in [1.165, 1.54) is 0 Å². The molecule has 2 aromatic rings. The van der Waals surface area contributed by atoms with Crippen LogP contribution in [0.5, 0.6) is 5.75 Å². The predicted molar refractivity (Wildman–Crippen MR) is 95.0 cm³/mol. The van der Waals surface area contributed by atoms with Gasteiger partial charge in [0.25, 0.3) is 5.91 Å². The number of fused-ring (bicyclic) bond motifs is 1. The van der Waals surface area contributed by atoms with Crippen molar-refractivity contribution in [2.45, 2.75) is 18.9 Å². The van der Waals surface area contributed by atoms with Crippen molar-refractivity contribution in [3.63, 3.8) is 0 Å². The summed E-state index contributed by atoms with van der Waals surface area (Å²) in [6.07, 6.45) is 0.256. The molecule has 24 heavy (non-hydrogen) atoms. The average Bonchev–Trinajstić information content (AvgIpc) is 3.01. The maximum Gasteiger partial charge on any atom is 0.261 e. The summed E-state index contributed by atoms with van der Waals surface area (Å²) in [5.74, 6) is 0.418. The van der Waals surface area contributed by atoms with Gasteiger partial charge in [0, 0.05) is 29.5 Å². The van der Waals surface area contributed by atoms with E-state index in [4.69, 9.17) is 4.74 Å². The lowest BCUT2D eigenvalue weighted by atomic mass is 10.1. The highest BCUT2D eigenvalue weighted by molar-refractivity contribution is 9.10. The minimum Gasteiger partial charge on any atom is -0.480 e. The molecule has 0 radical (unpaired) electrons. The lowest BCUT2D eigenvalue weighted by molar-refractivity contribution is -0.127. The Bertz CT molecular complexity index is 721. The van der Waals surface area contributed by atoms with Gasteiger partial charge in [0.15, 0.2) is 6.10 Å². The first kappa shape index (κ1) is 16.5. The topological polar surface area (TPSA) is 67.4 Å². The predicted octanol–water partition coefficient (Wildman–Crippen LogP) is 2.90. The Kier molecular flexibility index (Phi) is 5.15. The van der Waals surface area contributed by atoms with Crippen LogP contribution in [0.1, 0.15) is 12.0 Å². The summed E-state index contributed by atoms with van der Waals surface area (Å²) >= 11 is 3.34. The monoisotopic (exact) mass is 388 g/mol. The highest BCUT2D eigenvalue weighted by atomic mass is 79.9. The Morgan fingerprint density at radius 2 is 1.88 bits per heavy atom. The maximum atomic E-state index is 12.1. The van der Waals surface area contributed by atoms with Crippen LogP contribution in [0, 0.1) is 0 Å². The standard InChI is InChI=1S/C18H17BrN2O3/c19-13-5-7-14(8-6-13)21-17(22)9-10-20-18(23)16-11-12-3-1-2-4-15(12)24-16/h1-8,16H,9-11H2,(H,20,23)(H,21,22). The molecule has 1 heterocycles. The highest BCUT2D eigenvalue weighted by Crippen LogP contribution is 2.28. The van der Waals surface area contributed by atoms with E-state index in [1.807, 2.05) is 48.5 Å². The summed E-state index contributed by atoms with van der Waals surface area (Å²) in [4.78, 5) is 24.0. The van der Waals surface area contributed by atoms with Crippen molar-refractivity contribution in [3.05, 3.63) is 58.6 Å². The van der Waals surface area contributed by atoms with Crippen LogP contribution in [-0.4, -0.2) is 24.5 Å². The van der Waals surface area contributed by atoms with Crippen LogP contribution in [0.25, 0.3) is 0 Å². The zero-order valence-electron chi connectivity index (χ0n) is 12.9. The van der Waals surface area contributed by atoms with Crippen LogP contribution in [0.4, 0.5) is 5.69 Å². The molecule has 2 amide bonds. The molecule has 0 aliphatic carbocycles. The Hall–Kier alpha value is -2.34. The van der Waals surface area contributed by atoms with Gasteiger partial charge in [-0.15, -0.1) is 0 Å². The van der Waals surface area contributed by atoms with Gasteiger partial charge in [-0.2, -0.15) is 0 Å². The van der Waals surface area contributed by atoms with Crippen molar-refractivity contribution in [1.82, 2.24) is 5.32 Å². The van der Waals surface area contributed by atoms with Crippen LogP contribution in [0.3, 0.4) is 0 Å². The minimum atomic E-state index is -0.517. The molecule has 1 aliphatic rings. The Morgan fingerprint density at radius 1 is 1.12 bits per heavy atom. The van der Waals surface area contributed by atoms with Crippen LogP contribution in [0.15, 0.2) is 53.0 Å². The normalized spacial score (nSPS) is 15.3. The first-order chi connectivity index (χ1) is 11.6. The molecule has 0 aromatic heterocycles. The van der Waals surface area contributed by atoms with E-state index in [0.717, 1.165) is 21.5 Å². The van der Waals surface area contributed by atoms with E-state index in [1.54, 1.807) is 0 Å². The second kappa shape index (κ2) is 7.49. The number of anilines is 1. The van der Waals surface area contributed by atoms with E-state index in [2.05, 4.69) is 26.6 Å². The molecule has 1 aliphatic heterocycles. The molecule has 2 aromatic carbocycles. The van der Waals surface area contributed by atoms with E-state index in [0.29, 0.717) is 6.42 Å². The molecule has 0 spiro atoms. The fraction of sp³-hybridized carbons (Fsp3) is 0.222. The quantitative estimate of drug-likeness (QED) is 0.827. The van der Waals surface area contributed by atoms with Crippen LogP contribution in [-0.2, 0) is 16.0 Å². The number of hydrogen-bond acceptors (Lipinski definition) is 3. The van der Waals surface area contributed by atoms with Gasteiger partial charge in [0.1, 0.15) is 5.75 Å². The average molecular weight is 389 g/mol. The number of hydrogen-bond donors (Lipinski definition) is 2. The SMILES string of the molecule is O=C(CCNC(=O)C1Cc2ccccc2O1)Nc1ccc(Br)cc1. The number of carbonyl (C=O) groups is 2. The van der Waals surface area contributed by atoms with Gasteiger partial charge in [0.05, 0.1) is 0 Å². The molecule has 3 rings (SSSR count). The Balaban J connectivity index is 1.41. The summed E-state index contributed by atoms with van der Waals surface area (Å²) in [7, 11) is 0. The number of para-hydroxylation sites is 1. The number of halogens is 1. The fourth-order valence-electron chi connectivity index (χ4n) is 2.50. The molecule has 2 N–H and O–H groups in total. The van der Waals surface area contributed by atoms with E-state index < -0.39 is 6.10 Å². The molecule has 0 fully saturated rings. The van der Waals surface area contributed by atoms with Crippen molar-refractivity contribution >= 4 is 33.4 Å². The Morgan fingerprint density at radius 3 is 2.62 bits per heavy atom. The fourth-order valence-corrected chi connectivity index (χ4v) is 2.76. The number of benzene rings is 2. The van der Waals surface area contributed by atoms with Crippen molar-refractivity contribution in [3.8, 4) is 5.75 Å². The molecule has 124 valence electrons. The highest BCUT2D eigenvalue weighted by Gasteiger charge is 2.28. The van der Waals surface area contributed by atoms with Crippen molar-refractivity contribution < 1.29 is 14.3 Å². The van der Waals surface area contributed by atoms with Gasteiger partial charge in [-0.05, 0) is 35.9 Å². The van der Waals surface area contributed by atoms with E-state index in [9.17, 15) is 9.59 Å². The van der Waals surface area contributed by atoms with Crippen molar-refractivity contribution in [1.29, 1.82) is 0 Å². The molecule has 0 saturated heterocycles. The van der Waals surface area contributed by atoms with Gasteiger partial charge in [-0.25, -0.2) is 0 Å². The van der Waals surface area contributed by atoms with Gasteiger partial charge in [-0.3, -0.25) is 9.59 Å². The van der Waals surface area contributed by atoms with Gasteiger partial charge in [-0.1, -0.05) is 34.1 Å². The minimum absolute atomic E-state index is 0.145. The molecular weight excluding hydrogens is 372 g/mol. The zero-order valence-corrected chi connectivity index (χ0v) is 14.5. The summed E-state index contributed by atoms with van der Waals surface area (Å²) < 4.78 is 6.57. The van der Waals surface area contributed by atoms with Gasteiger partial charge >= 0.3 is 0 Å². The van der Waals surface area contributed by atoms with Gasteiger partial charge < -0.3 is 15.4 Å². The molecule has 1 unspecified atom stereocenters. The van der Waals surface area contributed by atoms with Crippen LogP contribution >= 0.6 is 15.9 Å². The number of nitrogens with one attached hydrogen (secondary N) is 2. The number of carbonyl (C=O) groups excluding carboxylic acids is 2. The second-order valence-electron chi connectivity index (χ2n) is 5.51. The molecule has 0 saturated carbocycles. The summed E-state index contributed by atoms with van der Waals surface area (Å²) in [5, 5.41) is 5.54. The third-order valence-electron chi connectivity index (χ3n) is 3.72. The molecule has 6 heteroatoms. The van der Waals surface area contributed by atoms with Crippen LogP contribution in [0.2, 0.25) is 0 Å². The van der Waals surface area contributed by atoms with Crippen molar-refractivity contribution in [2.75, 3.05) is 11.9 Å². The van der Waals surface area contributed by atoms with E-state index >= 15 is 0 Å². The smallest absolute Gasteiger partial charge is 0.261 e. The largest absolute Gasteiger partial charge is 0.480 e. The van der Waals surface area contributed by atoms with Crippen LogP contribution < -0.4 is 15.4 Å². The van der Waals surface area contributed by atoms with Gasteiger partial charge in [0.2, 0.25) is 5.91 Å². The zero-order chi connectivity index (χ0) is 16.9. The van der Waals surface area contributed by atoms with E-state index in [-0.39, 0.29) is 24.8 Å². The molecule has 0 bridgehead atoms. The maximum absolute atomic E-state index is 12.1. The molecule has 1 atom stereocenters. The number of ether oxygens (including phenoxy) is 1. The molecule has 5 nitrogen and oxygen atoms in total. The lowest BCUT2D eigenvalue weighted by Crippen LogP contribution is -2.38.